The maximum atomic E-state index is 14.0. The Morgan fingerprint density at radius 1 is 1.05 bits per heavy atom. The number of hydrogen-bond donors (Lipinski definition) is 0. The van der Waals surface area contributed by atoms with Gasteiger partial charge in [-0.3, -0.25) is 0 Å². The summed E-state index contributed by atoms with van der Waals surface area (Å²) >= 11 is 12.0. The Morgan fingerprint density at radius 3 is 2.42 bits per heavy atom. The second-order valence-electron chi connectivity index (χ2n) is 4.33. The van der Waals surface area contributed by atoms with Crippen LogP contribution in [0.25, 0.3) is 0 Å². The molecule has 100 valence electrons. The van der Waals surface area contributed by atoms with Crippen molar-refractivity contribution >= 4 is 28.9 Å². The molecule has 0 amide bonds. The van der Waals surface area contributed by atoms with Gasteiger partial charge in [0.1, 0.15) is 5.82 Å². The van der Waals surface area contributed by atoms with Gasteiger partial charge >= 0.3 is 0 Å². The largest absolute Gasteiger partial charge is 0.368 e. The highest BCUT2D eigenvalue weighted by atomic mass is 35.5. The zero-order chi connectivity index (χ0) is 13.8. The molecule has 0 unspecified atom stereocenters. The third-order valence-corrected chi connectivity index (χ3v) is 3.62. The van der Waals surface area contributed by atoms with Gasteiger partial charge in [-0.25, -0.2) is 4.39 Å². The van der Waals surface area contributed by atoms with Crippen LogP contribution in [-0.2, 0) is 12.4 Å². The standard InChI is InChI=1S/C15H14Cl2FN/c1-19(10-12-5-2-3-7-13(12)17)15-11(9-16)6-4-8-14(15)18/h2-8H,9-10H2,1H3. The van der Waals surface area contributed by atoms with E-state index in [1.54, 1.807) is 6.07 Å². The van der Waals surface area contributed by atoms with Crippen LogP contribution in [0.15, 0.2) is 42.5 Å². The Morgan fingerprint density at radius 2 is 1.74 bits per heavy atom. The van der Waals surface area contributed by atoms with Crippen LogP contribution in [0.2, 0.25) is 5.02 Å². The summed E-state index contributed by atoms with van der Waals surface area (Å²) in [7, 11) is 1.83. The molecule has 2 rings (SSSR count). The van der Waals surface area contributed by atoms with Crippen LogP contribution in [0.3, 0.4) is 0 Å². The lowest BCUT2D eigenvalue weighted by atomic mass is 10.1. The molecule has 0 radical (unpaired) electrons. The zero-order valence-electron chi connectivity index (χ0n) is 10.5. The minimum absolute atomic E-state index is 0.271. The average Bonchev–Trinajstić information content (AvgIpc) is 2.40. The number of alkyl halides is 1. The number of benzene rings is 2. The lowest BCUT2D eigenvalue weighted by molar-refractivity contribution is 0.620. The van der Waals surface area contributed by atoms with Gasteiger partial charge in [-0.15, -0.1) is 11.6 Å². The van der Waals surface area contributed by atoms with E-state index in [-0.39, 0.29) is 11.7 Å². The van der Waals surface area contributed by atoms with Crippen LogP contribution >= 0.6 is 23.2 Å². The van der Waals surface area contributed by atoms with E-state index in [4.69, 9.17) is 23.2 Å². The number of halogens is 3. The first kappa shape index (κ1) is 14.2. The summed E-state index contributed by atoms with van der Waals surface area (Å²) in [6, 6.07) is 12.5. The maximum Gasteiger partial charge on any atom is 0.146 e. The minimum atomic E-state index is -0.271. The highest BCUT2D eigenvalue weighted by Crippen LogP contribution is 2.27. The smallest absolute Gasteiger partial charge is 0.146 e. The van der Waals surface area contributed by atoms with E-state index in [1.807, 2.05) is 42.3 Å². The number of para-hydroxylation sites is 1. The molecule has 4 heteroatoms. The molecule has 1 nitrogen and oxygen atoms in total. The van der Waals surface area contributed by atoms with E-state index in [0.717, 1.165) is 11.1 Å². The third-order valence-electron chi connectivity index (χ3n) is 2.96. The maximum absolute atomic E-state index is 14.0. The van der Waals surface area contributed by atoms with Crippen molar-refractivity contribution in [1.82, 2.24) is 0 Å². The second kappa shape index (κ2) is 6.27. The Kier molecular flexibility index (Phi) is 4.67. The molecule has 0 aliphatic heterocycles. The summed E-state index contributed by atoms with van der Waals surface area (Å²) in [5.41, 5.74) is 2.25. The molecular weight excluding hydrogens is 284 g/mol. The predicted octanol–water partition coefficient (Wildman–Crippen LogP) is 4.85. The molecule has 0 saturated heterocycles. The van der Waals surface area contributed by atoms with Gasteiger partial charge in [0, 0.05) is 24.5 Å². The Hall–Kier alpha value is -1.25. The summed E-state index contributed by atoms with van der Waals surface area (Å²) in [6.07, 6.45) is 0. The first-order valence-electron chi connectivity index (χ1n) is 5.91. The molecule has 0 spiro atoms. The Bertz CT molecular complexity index is 572. The highest BCUT2D eigenvalue weighted by Gasteiger charge is 2.13. The Labute approximate surface area is 122 Å². The van der Waals surface area contributed by atoms with E-state index in [9.17, 15) is 4.39 Å². The summed E-state index contributed by atoms with van der Waals surface area (Å²) in [4.78, 5) is 1.83. The van der Waals surface area contributed by atoms with Gasteiger partial charge in [-0.2, -0.15) is 0 Å². The molecule has 0 aliphatic carbocycles. The van der Waals surface area contributed by atoms with Crippen LogP contribution in [0.5, 0.6) is 0 Å². The molecule has 0 atom stereocenters. The Balaban J connectivity index is 2.30. The second-order valence-corrected chi connectivity index (χ2v) is 5.00. The summed E-state index contributed by atoms with van der Waals surface area (Å²) in [5, 5.41) is 0.679. The number of hydrogen-bond acceptors (Lipinski definition) is 1. The van der Waals surface area contributed by atoms with Crippen LogP contribution in [0.4, 0.5) is 10.1 Å². The SMILES string of the molecule is CN(Cc1ccccc1Cl)c1c(F)cccc1CCl. The van der Waals surface area contributed by atoms with Gasteiger partial charge in [-0.1, -0.05) is 41.9 Å². The van der Waals surface area contributed by atoms with Crippen molar-refractivity contribution < 1.29 is 4.39 Å². The monoisotopic (exact) mass is 297 g/mol. The number of rotatable bonds is 4. The van der Waals surface area contributed by atoms with Crippen LogP contribution in [-0.4, -0.2) is 7.05 Å². The van der Waals surface area contributed by atoms with Crippen LogP contribution in [0, 0.1) is 5.82 Å². The molecule has 0 aromatic heterocycles. The molecule has 0 heterocycles. The molecular formula is C15H14Cl2FN. The lowest BCUT2D eigenvalue weighted by Crippen LogP contribution is -2.19. The zero-order valence-corrected chi connectivity index (χ0v) is 12.0. The first-order valence-corrected chi connectivity index (χ1v) is 6.82. The van der Waals surface area contributed by atoms with Crippen LogP contribution in [0.1, 0.15) is 11.1 Å². The van der Waals surface area contributed by atoms with Crippen molar-refractivity contribution in [3.8, 4) is 0 Å². The van der Waals surface area contributed by atoms with Gasteiger partial charge in [-0.05, 0) is 23.3 Å². The lowest BCUT2D eigenvalue weighted by Gasteiger charge is -2.23. The quantitative estimate of drug-likeness (QED) is 0.729. The van der Waals surface area contributed by atoms with Crippen LogP contribution < -0.4 is 4.90 Å². The average molecular weight is 298 g/mol. The summed E-state index contributed by atoms with van der Waals surface area (Å²) in [5.74, 6) is 0.00709. The van der Waals surface area contributed by atoms with Crippen molar-refractivity contribution in [3.05, 3.63) is 64.4 Å². The topological polar surface area (TPSA) is 3.24 Å². The van der Waals surface area contributed by atoms with Crippen molar-refractivity contribution in [2.45, 2.75) is 12.4 Å². The molecule has 2 aromatic rings. The fourth-order valence-corrected chi connectivity index (χ4v) is 2.47. The fourth-order valence-electron chi connectivity index (χ4n) is 2.06. The normalized spacial score (nSPS) is 10.5. The molecule has 0 aliphatic rings. The van der Waals surface area contributed by atoms with E-state index in [0.29, 0.717) is 17.3 Å². The van der Waals surface area contributed by atoms with Gasteiger partial charge in [0.2, 0.25) is 0 Å². The molecule has 19 heavy (non-hydrogen) atoms. The van der Waals surface area contributed by atoms with Gasteiger partial charge in [0.15, 0.2) is 0 Å². The van der Waals surface area contributed by atoms with E-state index in [1.165, 1.54) is 6.07 Å². The first-order chi connectivity index (χ1) is 9.13. The molecule has 0 fully saturated rings. The van der Waals surface area contributed by atoms with Crippen molar-refractivity contribution in [2.75, 3.05) is 11.9 Å². The molecule has 0 saturated carbocycles. The van der Waals surface area contributed by atoms with E-state index >= 15 is 0 Å². The summed E-state index contributed by atoms with van der Waals surface area (Å²) in [6.45, 7) is 0.532. The number of anilines is 1. The van der Waals surface area contributed by atoms with Gasteiger partial charge in [0.05, 0.1) is 5.69 Å². The fraction of sp³-hybridized carbons (Fsp3) is 0.200. The van der Waals surface area contributed by atoms with Crippen molar-refractivity contribution in [2.24, 2.45) is 0 Å². The van der Waals surface area contributed by atoms with E-state index in [2.05, 4.69) is 0 Å². The van der Waals surface area contributed by atoms with Gasteiger partial charge in [0.25, 0.3) is 0 Å². The summed E-state index contributed by atoms with van der Waals surface area (Å²) < 4.78 is 14.0. The van der Waals surface area contributed by atoms with Crippen molar-refractivity contribution in [3.63, 3.8) is 0 Å². The van der Waals surface area contributed by atoms with E-state index < -0.39 is 0 Å². The predicted molar refractivity (Wildman–Crippen MR) is 79.5 cm³/mol. The number of nitrogens with zero attached hydrogens (tertiary/aromatic N) is 1. The molecule has 0 N–H and O–H groups in total. The molecule has 0 bridgehead atoms. The minimum Gasteiger partial charge on any atom is -0.368 e. The highest BCUT2D eigenvalue weighted by molar-refractivity contribution is 6.31. The van der Waals surface area contributed by atoms with Gasteiger partial charge < -0.3 is 4.90 Å². The third kappa shape index (κ3) is 3.20. The molecule has 2 aromatic carbocycles. The van der Waals surface area contributed by atoms with Crippen molar-refractivity contribution in [1.29, 1.82) is 0 Å².